The predicted molar refractivity (Wildman–Crippen MR) is 215 cm³/mol. The van der Waals surface area contributed by atoms with Crippen LogP contribution in [0.3, 0.4) is 0 Å². The van der Waals surface area contributed by atoms with Crippen LogP contribution in [0.15, 0.2) is 101 Å². The number of benzene rings is 2. The van der Waals surface area contributed by atoms with E-state index in [4.69, 9.17) is 14.1 Å². The summed E-state index contributed by atoms with van der Waals surface area (Å²) in [5.41, 5.74) is 5.86. The van der Waals surface area contributed by atoms with Gasteiger partial charge in [-0.15, -0.1) is 10.2 Å². The van der Waals surface area contributed by atoms with E-state index in [1.807, 2.05) is 109 Å². The molecule has 0 spiro atoms. The average Bonchev–Trinajstić information content (AvgIpc) is 3.89. The van der Waals surface area contributed by atoms with Crippen LogP contribution in [0.25, 0.3) is 44.5 Å². The van der Waals surface area contributed by atoms with Crippen LogP contribution < -0.4 is 15.4 Å². The summed E-state index contributed by atoms with van der Waals surface area (Å²) in [7, 11) is 0. The van der Waals surface area contributed by atoms with Gasteiger partial charge in [-0.25, -0.2) is 19.7 Å². The van der Waals surface area contributed by atoms with Crippen LogP contribution in [0, 0.1) is 5.92 Å². The first-order valence-corrected chi connectivity index (χ1v) is 18.0. The van der Waals surface area contributed by atoms with Crippen LogP contribution in [0.1, 0.15) is 83.1 Å². The molecule has 292 valence electrons. The number of H-pyrrole nitrogens is 1. The highest BCUT2D eigenvalue weighted by Crippen LogP contribution is 2.20. The molecule has 15 nitrogen and oxygen atoms in total. The summed E-state index contributed by atoms with van der Waals surface area (Å²) in [5, 5.41) is 15.7. The summed E-state index contributed by atoms with van der Waals surface area (Å²) >= 11 is 0. The number of hydrogen-bond acceptors (Lipinski definition) is 11. The molecule has 1 N–H and O–H groups in total. The molecule has 0 bridgehead atoms. The molecule has 2 aromatic carbocycles. The zero-order valence-electron chi connectivity index (χ0n) is 33.8. The summed E-state index contributed by atoms with van der Waals surface area (Å²) < 4.78 is 6.89. The van der Waals surface area contributed by atoms with Crippen LogP contribution in [-0.2, 0) is 5.54 Å². The lowest BCUT2D eigenvalue weighted by atomic mass is 10.1. The largest absolute Gasteiger partial charge is 0.417 e. The van der Waals surface area contributed by atoms with Crippen molar-refractivity contribution in [3.63, 3.8) is 0 Å². The molecule has 0 saturated carbocycles. The van der Waals surface area contributed by atoms with Gasteiger partial charge in [0, 0.05) is 17.9 Å². The molecule has 0 saturated heterocycles. The molecule has 0 radical (unpaired) electrons. The number of nitrogens with one attached hydrogen (secondary N) is 1. The van der Waals surface area contributed by atoms with E-state index in [-0.39, 0.29) is 16.7 Å². The van der Waals surface area contributed by atoms with E-state index in [2.05, 4.69) is 86.7 Å². The number of rotatable bonds is 2. The van der Waals surface area contributed by atoms with Crippen LogP contribution in [0.4, 0.5) is 0 Å². The number of fused-ring (bicyclic) bond motifs is 4. The van der Waals surface area contributed by atoms with Crippen molar-refractivity contribution in [2.24, 2.45) is 5.92 Å². The van der Waals surface area contributed by atoms with Crippen molar-refractivity contribution in [2.75, 3.05) is 0 Å². The van der Waals surface area contributed by atoms with Gasteiger partial charge in [0.05, 0.1) is 17.4 Å². The Labute approximate surface area is 320 Å². The number of hydrogen-bond donors (Lipinski definition) is 1. The van der Waals surface area contributed by atoms with E-state index < -0.39 is 5.76 Å². The summed E-state index contributed by atoms with van der Waals surface area (Å²) in [5.74, 6) is 0.432. The molecule has 8 aromatic rings. The molecule has 0 aliphatic rings. The van der Waals surface area contributed by atoms with Crippen molar-refractivity contribution < 1.29 is 14.1 Å². The number of oxazole rings is 1. The fourth-order valence-corrected chi connectivity index (χ4v) is 4.52. The molecule has 6 heterocycles. The molecule has 55 heavy (non-hydrogen) atoms. The summed E-state index contributed by atoms with van der Waals surface area (Å²) in [4.78, 5) is 39.6. The van der Waals surface area contributed by atoms with Gasteiger partial charge in [-0.05, 0) is 127 Å². The van der Waals surface area contributed by atoms with Gasteiger partial charge in [0.25, 0.3) is 0 Å². The molecule has 6 aromatic heterocycles. The second-order valence-electron chi connectivity index (χ2n) is 16.0. The molecular weight excluding hydrogens is 699 g/mol. The fourth-order valence-electron chi connectivity index (χ4n) is 4.52. The van der Waals surface area contributed by atoms with Gasteiger partial charge in [-0.1, -0.05) is 54.7 Å². The fraction of sp³-hybridized carbons (Fsp3) is 0.400. The first kappa shape index (κ1) is 41.6. The molecule has 0 fully saturated rings. The van der Waals surface area contributed by atoms with Crippen molar-refractivity contribution >= 4 is 44.5 Å². The van der Waals surface area contributed by atoms with Crippen molar-refractivity contribution in [2.45, 2.75) is 99.8 Å². The standard InChI is InChI=1S/C10H13N3O.C10H13N3.C9H12N4O.C7H5NO2.C4H10/c1-10(2,3)14-13-9-7-5-4-6-8(9)11-12-13;1-10(2,3)13-7-12-9-8(13)5-4-6-11-9;1-9(2,3)14-13-8-7(11-12-13)5-4-6-10-8;9-7-8-5-3-1-2-4-6(5)10-7;1-4(2)3/h4-7H,1-3H3;4-7H,1-3H3;4-6H,1-3H3;1-4H,(H,8,9);4H,1-3H3. The van der Waals surface area contributed by atoms with Crippen molar-refractivity contribution in [1.82, 2.24) is 54.8 Å². The van der Waals surface area contributed by atoms with E-state index >= 15 is 0 Å². The van der Waals surface area contributed by atoms with E-state index in [9.17, 15) is 4.79 Å². The van der Waals surface area contributed by atoms with Gasteiger partial charge >= 0.3 is 5.76 Å². The maximum absolute atomic E-state index is 10.6. The van der Waals surface area contributed by atoms with E-state index in [1.165, 1.54) is 9.69 Å². The summed E-state index contributed by atoms with van der Waals surface area (Å²) in [6.07, 6.45) is 5.30. The number of imidazole rings is 1. The minimum Gasteiger partial charge on any atom is -0.408 e. The zero-order chi connectivity index (χ0) is 40.4. The van der Waals surface area contributed by atoms with Gasteiger partial charge in [0.2, 0.25) is 5.65 Å². The highest BCUT2D eigenvalue weighted by molar-refractivity contribution is 5.73. The number of aromatic amines is 1. The maximum atomic E-state index is 10.6. The number of aromatic nitrogens is 11. The Morgan fingerprint density at radius 1 is 0.655 bits per heavy atom. The minimum atomic E-state index is -0.402. The Hall–Kier alpha value is -6.12. The monoisotopic (exact) mass is 751 g/mol. The lowest BCUT2D eigenvalue weighted by Gasteiger charge is -2.21. The first-order valence-electron chi connectivity index (χ1n) is 18.0. The summed E-state index contributed by atoms with van der Waals surface area (Å²) in [6.45, 7) is 24.7. The van der Waals surface area contributed by atoms with Gasteiger partial charge in [0.1, 0.15) is 27.8 Å². The molecule has 15 heteroatoms. The minimum absolute atomic E-state index is 0.0672. The number of nitrogens with zero attached hydrogens (tertiary/aromatic N) is 10. The third-order valence-electron chi connectivity index (χ3n) is 6.59. The normalized spacial score (nSPS) is 11.5. The quantitative estimate of drug-likeness (QED) is 0.184. The maximum Gasteiger partial charge on any atom is 0.417 e. The highest BCUT2D eigenvalue weighted by Gasteiger charge is 2.17. The molecule has 0 aliphatic carbocycles. The Bertz CT molecular complexity index is 2310. The lowest BCUT2D eigenvalue weighted by Crippen LogP contribution is -2.32. The Balaban J connectivity index is 0.000000159. The lowest BCUT2D eigenvalue weighted by molar-refractivity contribution is -0.0304. The molecule has 0 amide bonds. The van der Waals surface area contributed by atoms with Crippen molar-refractivity contribution in [3.8, 4) is 0 Å². The third kappa shape index (κ3) is 12.8. The summed E-state index contributed by atoms with van der Waals surface area (Å²) in [6, 6.07) is 22.5. The zero-order valence-corrected chi connectivity index (χ0v) is 33.8. The van der Waals surface area contributed by atoms with E-state index in [0.717, 1.165) is 39.1 Å². The highest BCUT2D eigenvalue weighted by atomic mass is 16.7. The van der Waals surface area contributed by atoms with Crippen LogP contribution >= 0.6 is 0 Å². The van der Waals surface area contributed by atoms with Crippen molar-refractivity contribution in [1.29, 1.82) is 0 Å². The third-order valence-corrected chi connectivity index (χ3v) is 6.59. The second-order valence-corrected chi connectivity index (χ2v) is 16.0. The Morgan fingerprint density at radius 3 is 1.87 bits per heavy atom. The smallest absolute Gasteiger partial charge is 0.408 e. The number of pyridine rings is 2. The van der Waals surface area contributed by atoms with Crippen LogP contribution in [-0.4, -0.2) is 66.0 Å². The van der Waals surface area contributed by atoms with Gasteiger partial charge in [-0.3, -0.25) is 4.98 Å². The second kappa shape index (κ2) is 17.8. The first-order chi connectivity index (χ1) is 25.8. The van der Waals surface area contributed by atoms with Crippen LogP contribution in [0.2, 0.25) is 0 Å². The molecule has 8 rings (SSSR count). The molecule has 0 aliphatic heterocycles. The van der Waals surface area contributed by atoms with E-state index in [1.54, 1.807) is 24.5 Å². The van der Waals surface area contributed by atoms with Gasteiger partial charge in [0.15, 0.2) is 11.2 Å². The van der Waals surface area contributed by atoms with Crippen LogP contribution in [0.5, 0.6) is 0 Å². The molecule has 0 atom stereocenters. The van der Waals surface area contributed by atoms with E-state index in [0.29, 0.717) is 11.2 Å². The molecular formula is C40H53N11O4. The van der Waals surface area contributed by atoms with Gasteiger partial charge in [-0.2, -0.15) is 0 Å². The Kier molecular flexibility index (Phi) is 13.5. The number of para-hydroxylation sites is 3. The topological polar surface area (TPSA) is 169 Å². The predicted octanol–water partition coefficient (Wildman–Crippen LogP) is 7.68. The SMILES string of the molecule is CC(C)(C)On1nnc2ccccc21.CC(C)(C)On1nnc2cccnc21.CC(C)(C)n1cnc2ncccc21.CC(C)C.O=c1[nH]c2ccccc2o1. The Morgan fingerprint density at radius 2 is 1.20 bits per heavy atom. The van der Waals surface area contributed by atoms with Crippen molar-refractivity contribution in [3.05, 3.63) is 102 Å². The van der Waals surface area contributed by atoms with Gasteiger partial charge < -0.3 is 18.7 Å². The average molecular weight is 752 g/mol. The molecule has 0 unspecified atom stereocenters.